The highest BCUT2D eigenvalue weighted by Crippen LogP contribution is 2.42. The number of rotatable bonds is 11. The Labute approximate surface area is 197 Å². The van der Waals surface area contributed by atoms with Crippen LogP contribution in [0.2, 0.25) is 0 Å². The van der Waals surface area contributed by atoms with Gasteiger partial charge in [-0.05, 0) is 55.3 Å². The second-order valence-corrected chi connectivity index (χ2v) is 7.82. The highest BCUT2D eigenvalue weighted by Gasteiger charge is 2.45. The summed E-state index contributed by atoms with van der Waals surface area (Å²) in [7, 11) is 0. The highest BCUT2D eigenvalue weighted by molar-refractivity contribution is 6.15. The van der Waals surface area contributed by atoms with Crippen LogP contribution < -0.4 is 9.47 Å². The van der Waals surface area contributed by atoms with Gasteiger partial charge in [0.2, 0.25) is 5.78 Å². The van der Waals surface area contributed by atoms with E-state index < -0.39 is 23.5 Å². The van der Waals surface area contributed by atoms with Gasteiger partial charge in [-0.25, -0.2) is 0 Å². The number of benzene rings is 1. The van der Waals surface area contributed by atoms with E-state index in [1.54, 1.807) is 36.4 Å². The van der Waals surface area contributed by atoms with Gasteiger partial charge in [0.15, 0.2) is 23.0 Å². The van der Waals surface area contributed by atoms with Gasteiger partial charge in [0.1, 0.15) is 5.76 Å². The van der Waals surface area contributed by atoms with Crippen LogP contribution in [0.25, 0.3) is 0 Å². The van der Waals surface area contributed by atoms with Crippen LogP contribution in [0.1, 0.15) is 54.6 Å². The third-order valence-electron chi connectivity index (χ3n) is 5.54. The minimum atomic E-state index is -0.876. The second-order valence-electron chi connectivity index (χ2n) is 7.82. The van der Waals surface area contributed by atoms with Gasteiger partial charge in [-0.3, -0.25) is 9.59 Å². The Balaban J connectivity index is 1.76. The van der Waals surface area contributed by atoms with Crippen LogP contribution in [0, 0.1) is 0 Å². The molecule has 34 heavy (non-hydrogen) atoms. The normalized spacial score (nSPS) is 15.8. The number of aliphatic hydroxyl groups is 1. The summed E-state index contributed by atoms with van der Waals surface area (Å²) >= 11 is 0. The molecular formula is C26H27NO7. The number of carbonyl (C=O) groups excluding carboxylic acids is 2. The minimum Gasteiger partial charge on any atom is -0.503 e. The molecule has 3 heterocycles. The first kappa shape index (κ1) is 23.2. The zero-order valence-corrected chi connectivity index (χ0v) is 19.2. The molecule has 8 heteroatoms. The molecular weight excluding hydrogens is 438 g/mol. The average molecular weight is 466 g/mol. The number of Topliss-reactive ketones (excluding diaryl/α,β-unsaturated/α-hetero) is 1. The summed E-state index contributed by atoms with van der Waals surface area (Å²) in [6.07, 6.45) is 4.77. The molecule has 1 N–H and O–H groups in total. The third-order valence-corrected chi connectivity index (χ3v) is 5.54. The molecule has 0 fully saturated rings. The fourth-order valence-electron chi connectivity index (χ4n) is 3.91. The Kier molecular flexibility index (Phi) is 7.06. The molecule has 0 saturated carbocycles. The van der Waals surface area contributed by atoms with Gasteiger partial charge < -0.3 is 28.3 Å². The van der Waals surface area contributed by atoms with Crippen molar-refractivity contribution in [3.05, 3.63) is 83.4 Å². The SMILES string of the molecule is CCCCOc1ccc(C2C(C(=O)c3ccco3)=C(O)C(=O)N2Cc2ccco2)cc1OCC. The first-order chi connectivity index (χ1) is 16.5. The molecule has 1 amide bonds. The van der Waals surface area contributed by atoms with Gasteiger partial charge in [-0.15, -0.1) is 0 Å². The fraction of sp³-hybridized carbons (Fsp3) is 0.308. The number of furan rings is 2. The largest absolute Gasteiger partial charge is 0.503 e. The lowest BCUT2D eigenvalue weighted by atomic mass is 9.94. The molecule has 2 aromatic heterocycles. The monoisotopic (exact) mass is 465 g/mol. The maximum atomic E-state index is 13.3. The lowest BCUT2D eigenvalue weighted by Gasteiger charge is -2.26. The summed E-state index contributed by atoms with van der Waals surface area (Å²) in [6.45, 7) is 4.96. The Morgan fingerprint density at radius 2 is 1.85 bits per heavy atom. The van der Waals surface area contributed by atoms with Crippen molar-refractivity contribution in [1.82, 2.24) is 4.90 Å². The van der Waals surface area contributed by atoms with Crippen molar-refractivity contribution in [2.75, 3.05) is 13.2 Å². The number of unbranched alkanes of at least 4 members (excludes halogenated alkanes) is 1. The van der Waals surface area contributed by atoms with Crippen LogP contribution in [0.4, 0.5) is 0 Å². The summed E-state index contributed by atoms with van der Waals surface area (Å²) < 4.78 is 22.4. The molecule has 3 aromatic rings. The van der Waals surface area contributed by atoms with Crippen LogP contribution in [-0.4, -0.2) is 34.9 Å². The van der Waals surface area contributed by atoms with E-state index in [9.17, 15) is 14.7 Å². The minimum absolute atomic E-state index is 0.0312. The number of amides is 1. The van der Waals surface area contributed by atoms with Crippen molar-refractivity contribution in [2.45, 2.75) is 39.3 Å². The van der Waals surface area contributed by atoms with Crippen molar-refractivity contribution in [2.24, 2.45) is 0 Å². The van der Waals surface area contributed by atoms with E-state index in [1.165, 1.54) is 23.5 Å². The highest BCUT2D eigenvalue weighted by atomic mass is 16.5. The van der Waals surface area contributed by atoms with Gasteiger partial charge in [0, 0.05) is 0 Å². The molecule has 1 aliphatic heterocycles. The van der Waals surface area contributed by atoms with Crippen molar-refractivity contribution < 1.29 is 33.0 Å². The van der Waals surface area contributed by atoms with Crippen molar-refractivity contribution in [3.63, 3.8) is 0 Å². The zero-order chi connectivity index (χ0) is 24.1. The molecule has 1 atom stereocenters. The van der Waals surface area contributed by atoms with Gasteiger partial charge in [0.25, 0.3) is 5.91 Å². The van der Waals surface area contributed by atoms with E-state index >= 15 is 0 Å². The summed E-state index contributed by atoms with van der Waals surface area (Å²) in [5, 5.41) is 10.8. The average Bonchev–Trinajstić information content (AvgIpc) is 3.59. The van der Waals surface area contributed by atoms with Crippen LogP contribution in [0.5, 0.6) is 11.5 Å². The van der Waals surface area contributed by atoms with E-state index in [4.69, 9.17) is 18.3 Å². The van der Waals surface area contributed by atoms with E-state index in [2.05, 4.69) is 6.92 Å². The van der Waals surface area contributed by atoms with Crippen LogP contribution in [0.3, 0.4) is 0 Å². The van der Waals surface area contributed by atoms with Gasteiger partial charge in [-0.1, -0.05) is 19.4 Å². The first-order valence-corrected chi connectivity index (χ1v) is 11.3. The maximum absolute atomic E-state index is 13.3. The molecule has 0 radical (unpaired) electrons. The smallest absolute Gasteiger partial charge is 0.290 e. The molecule has 1 unspecified atom stereocenters. The summed E-state index contributed by atoms with van der Waals surface area (Å²) in [6, 6.07) is 10.9. The molecule has 1 aromatic carbocycles. The number of hydrogen-bond donors (Lipinski definition) is 1. The van der Waals surface area contributed by atoms with Gasteiger partial charge in [0.05, 0.1) is 43.9 Å². The van der Waals surface area contributed by atoms with E-state index in [0.717, 1.165) is 12.8 Å². The zero-order valence-electron chi connectivity index (χ0n) is 19.2. The number of ketones is 1. The Morgan fingerprint density at radius 3 is 2.53 bits per heavy atom. The van der Waals surface area contributed by atoms with E-state index in [-0.39, 0.29) is 17.9 Å². The first-order valence-electron chi connectivity index (χ1n) is 11.3. The Bertz CT molecular complexity index is 1160. The number of aliphatic hydroxyl groups excluding tert-OH is 1. The topological polar surface area (TPSA) is 102 Å². The van der Waals surface area contributed by atoms with Crippen molar-refractivity contribution >= 4 is 11.7 Å². The quantitative estimate of drug-likeness (QED) is 0.306. The molecule has 4 rings (SSSR count). The summed E-state index contributed by atoms with van der Waals surface area (Å²) in [4.78, 5) is 27.8. The number of ether oxygens (including phenoxy) is 2. The fourth-order valence-corrected chi connectivity index (χ4v) is 3.91. The standard InChI is InChI=1S/C26H27NO7/c1-3-5-12-33-19-11-10-17(15-21(19)31-4-2)23-22(24(28)20-9-7-14-34-20)25(29)26(30)27(23)16-18-8-6-13-32-18/h6-11,13-15,23,29H,3-5,12,16H2,1-2H3. The number of carbonyl (C=O) groups is 2. The molecule has 178 valence electrons. The van der Waals surface area contributed by atoms with Crippen molar-refractivity contribution in [1.29, 1.82) is 0 Å². The molecule has 8 nitrogen and oxygen atoms in total. The summed E-state index contributed by atoms with van der Waals surface area (Å²) in [5.74, 6) is -0.224. The maximum Gasteiger partial charge on any atom is 0.290 e. The van der Waals surface area contributed by atoms with Crippen molar-refractivity contribution in [3.8, 4) is 11.5 Å². The van der Waals surface area contributed by atoms with Crippen LogP contribution >= 0.6 is 0 Å². The lowest BCUT2D eigenvalue weighted by molar-refractivity contribution is -0.130. The second kappa shape index (κ2) is 10.3. The summed E-state index contributed by atoms with van der Waals surface area (Å²) in [5.41, 5.74) is 0.527. The predicted molar refractivity (Wildman–Crippen MR) is 123 cm³/mol. The van der Waals surface area contributed by atoms with E-state index in [0.29, 0.717) is 36.0 Å². The molecule has 1 aliphatic rings. The predicted octanol–water partition coefficient (Wildman–Crippen LogP) is 5.23. The van der Waals surface area contributed by atoms with Crippen LogP contribution in [0.15, 0.2) is 75.2 Å². The molecule has 0 saturated heterocycles. The van der Waals surface area contributed by atoms with E-state index in [1.807, 2.05) is 6.92 Å². The molecule has 0 spiro atoms. The number of nitrogens with zero attached hydrogens (tertiary/aromatic N) is 1. The van der Waals surface area contributed by atoms with Gasteiger partial charge >= 0.3 is 0 Å². The van der Waals surface area contributed by atoms with Crippen LogP contribution in [-0.2, 0) is 11.3 Å². The lowest BCUT2D eigenvalue weighted by Crippen LogP contribution is -2.30. The Hall–Kier alpha value is -3.94. The molecule has 0 aliphatic carbocycles. The number of hydrogen-bond acceptors (Lipinski definition) is 7. The van der Waals surface area contributed by atoms with Gasteiger partial charge in [-0.2, -0.15) is 0 Å². The molecule has 0 bridgehead atoms. The third kappa shape index (κ3) is 4.57. The Morgan fingerprint density at radius 1 is 1.06 bits per heavy atom.